The quantitative estimate of drug-likeness (QED) is 0.856. The van der Waals surface area contributed by atoms with Crippen molar-refractivity contribution in [2.24, 2.45) is 0 Å². The van der Waals surface area contributed by atoms with Crippen molar-refractivity contribution in [2.75, 3.05) is 13.1 Å². The van der Waals surface area contributed by atoms with Crippen molar-refractivity contribution in [1.82, 2.24) is 15.5 Å². The van der Waals surface area contributed by atoms with E-state index in [9.17, 15) is 0 Å². The van der Waals surface area contributed by atoms with Crippen LogP contribution in [0.15, 0.2) is 33.7 Å². The number of hydrogen-bond donors (Lipinski definition) is 1. The molecule has 1 aromatic carbocycles. The molecular formula is C13H15N3OS. The number of nitrogens with one attached hydrogen (secondary N) is 1. The van der Waals surface area contributed by atoms with Crippen molar-refractivity contribution in [3.63, 3.8) is 0 Å². The van der Waals surface area contributed by atoms with E-state index in [1.165, 1.54) is 10.5 Å². The summed E-state index contributed by atoms with van der Waals surface area (Å²) in [5.41, 5.74) is 1.27. The first-order chi connectivity index (χ1) is 8.81. The smallest absolute Gasteiger partial charge is 0.232 e. The Hall–Kier alpha value is -1.33. The summed E-state index contributed by atoms with van der Waals surface area (Å²) < 4.78 is 5.27. The van der Waals surface area contributed by atoms with Crippen LogP contribution >= 0.6 is 11.8 Å². The number of thioether (sulfide) groups is 1. The van der Waals surface area contributed by atoms with Crippen LogP contribution in [0, 0.1) is 6.92 Å². The number of aromatic nitrogens is 2. The third-order valence-electron chi connectivity index (χ3n) is 2.97. The zero-order chi connectivity index (χ0) is 12.4. The second kappa shape index (κ2) is 5.12. The first-order valence-electron chi connectivity index (χ1n) is 6.04. The van der Waals surface area contributed by atoms with Gasteiger partial charge in [0.15, 0.2) is 5.82 Å². The molecule has 0 unspecified atom stereocenters. The molecule has 94 valence electrons. The zero-order valence-electron chi connectivity index (χ0n) is 10.2. The molecule has 5 heteroatoms. The molecule has 0 radical (unpaired) electrons. The molecule has 0 saturated carbocycles. The largest absolute Gasteiger partial charge is 0.339 e. The first kappa shape index (κ1) is 11.7. The lowest BCUT2D eigenvalue weighted by atomic mass is 10.0. The lowest BCUT2D eigenvalue weighted by Gasteiger charge is -2.22. The lowest BCUT2D eigenvalue weighted by Crippen LogP contribution is -2.40. The van der Waals surface area contributed by atoms with Gasteiger partial charge in [-0.2, -0.15) is 4.98 Å². The highest BCUT2D eigenvalue weighted by atomic mass is 32.2. The highest BCUT2D eigenvalue weighted by Gasteiger charge is 2.24. The summed E-state index contributed by atoms with van der Waals surface area (Å²) in [6.45, 7) is 4.00. The Kier molecular flexibility index (Phi) is 3.34. The van der Waals surface area contributed by atoms with Gasteiger partial charge >= 0.3 is 0 Å². The molecule has 1 aliphatic rings. The highest BCUT2D eigenvalue weighted by molar-refractivity contribution is 7.98. The maximum absolute atomic E-state index is 5.27. The van der Waals surface area contributed by atoms with E-state index in [4.69, 9.17) is 4.52 Å². The predicted octanol–water partition coefficient (Wildman–Crippen LogP) is 2.36. The van der Waals surface area contributed by atoms with Crippen molar-refractivity contribution in [2.45, 2.75) is 23.5 Å². The van der Waals surface area contributed by atoms with Gasteiger partial charge in [0.05, 0.1) is 11.7 Å². The molecule has 1 aromatic heterocycles. The van der Waals surface area contributed by atoms with Crippen LogP contribution in [0.5, 0.6) is 0 Å². The van der Waals surface area contributed by atoms with Crippen LogP contribution < -0.4 is 5.32 Å². The van der Waals surface area contributed by atoms with Gasteiger partial charge in [-0.25, -0.2) is 0 Å². The Morgan fingerprint density at radius 2 is 2.33 bits per heavy atom. The zero-order valence-corrected chi connectivity index (χ0v) is 11.0. The van der Waals surface area contributed by atoms with E-state index in [1.807, 2.05) is 0 Å². The Bertz CT molecular complexity index is 537. The maximum Gasteiger partial charge on any atom is 0.232 e. The minimum atomic E-state index is 0.412. The number of nitrogens with zero attached hydrogens (tertiary/aromatic N) is 2. The minimum Gasteiger partial charge on any atom is -0.339 e. The van der Waals surface area contributed by atoms with E-state index < -0.39 is 0 Å². The summed E-state index contributed by atoms with van der Waals surface area (Å²) in [5.74, 6) is 2.72. The van der Waals surface area contributed by atoms with Gasteiger partial charge in [-0.15, -0.1) is 11.8 Å². The van der Waals surface area contributed by atoms with Crippen molar-refractivity contribution in [3.8, 4) is 0 Å². The Morgan fingerprint density at radius 1 is 1.44 bits per heavy atom. The molecule has 18 heavy (non-hydrogen) atoms. The predicted molar refractivity (Wildman–Crippen MR) is 70.6 cm³/mol. The van der Waals surface area contributed by atoms with Crippen molar-refractivity contribution < 1.29 is 4.52 Å². The summed E-state index contributed by atoms with van der Waals surface area (Å²) in [7, 11) is 0. The number of aryl methyl sites for hydroxylation is 1. The molecule has 1 aliphatic heterocycles. The molecule has 3 rings (SSSR count). The van der Waals surface area contributed by atoms with E-state index in [0.717, 1.165) is 30.6 Å². The summed E-state index contributed by atoms with van der Waals surface area (Å²) in [5, 5.41) is 7.22. The summed E-state index contributed by atoms with van der Waals surface area (Å²) in [4.78, 5) is 5.67. The molecule has 0 atom stereocenters. The highest BCUT2D eigenvalue weighted by Crippen LogP contribution is 2.24. The Labute approximate surface area is 110 Å². The van der Waals surface area contributed by atoms with Gasteiger partial charge in [0, 0.05) is 18.0 Å². The SMILES string of the molecule is Cc1cccc(SCc2noc(C3CNC3)n2)c1. The van der Waals surface area contributed by atoms with Crippen molar-refractivity contribution in [3.05, 3.63) is 41.5 Å². The average Bonchev–Trinajstić information content (AvgIpc) is 2.73. The molecular weight excluding hydrogens is 246 g/mol. The van der Waals surface area contributed by atoms with Crippen LogP contribution in [-0.2, 0) is 5.75 Å². The monoisotopic (exact) mass is 261 g/mol. The van der Waals surface area contributed by atoms with E-state index in [1.54, 1.807) is 11.8 Å². The Balaban J connectivity index is 1.61. The van der Waals surface area contributed by atoms with Gasteiger partial charge < -0.3 is 9.84 Å². The molecule has 0 spiro atoms. The number of hydrogen-bond acceptors (Lipinski definition) is 5. The maximum atomic E-state index is 5.27. The Morgan fingerprint density at radius 3 is 3.06 bits per heavy atom. The molecule has 1 saturated heterocycles. The molecule has 0 amide bonds. The summed E-state index contributed by atoms with van der Waals surface area (Å²) in [6, 6.07) is 8.44. The van der Waals surface area contributed by atoms with Crippen molar-refractivity contribution in [1.29, 1.82) is 0 Å². The van der Waals surface area contributed by atoms with Gasteiger partial charge in [-0.1, -0.05) is 22.9 Å². The van der Waals surface area contributed by atoms with E-state index >= 15 is 0 Å². The van der Waals surface area contributed by atoms with Crippen LogP contribution in [0.2, 0.25) is 0 Å². The van der Waals surface area contributed by atoms with Gasteiger partial charge in [0.1, 0.15) is 0 Å². The van der Waals surface area contributed by atoms with Crippen LogP contribution in [0.3, 0.4) is 0 Å². The molecule has 1 fully saturated rings. The van der Waals surface area contributed by atoms with Gasteiger partial charge in [-0.3, -0.25) is 0 Å². The topological polar surface area (TPSA) is 51.0 Å². The molecule has 0 bridgehead atoms. The van der Waals surface area contributed by atoms with Crippen molar-refractivity contribution >= 4 is 11.8 Å². The van der Waals surface area contributed by atoms with E-state index in [2.05, 4.69) is 46.6 Å². The van der Waals surface area contributed by atoms with E-state index in [-0.39, 0.29) is 0 Å². The fraction of sp³-hybridized carbons (Fsp3) is 0.385. The fourth-order valence-corrected chi connectivity index (χ4v) is 2.67. The molecule has 2 heterocycles. The minimum absolute atomic E-state index is 0.412. The number of benzene rings is 1. The third kappa shape index (κ3) is 2.57. The first-order valence-corrected chi connectivity index (χ1v) is 7.02. The van der Waals surface area contributed by atoms with Crippen LogP contribution in [0.25, 0.3) is 0 Å². The second-order valence-corrected chi connectivity index (χ2v) is 5.56. The standard InChI is InChI=1S/C13H15N3OS/c1-9-3-2-4-11(5-9)18-8-12-15-13(17-16-12)10-6-14-7-10/h2-5,10,14H,6-8H2,1H3. The van der Waals surface area contributed by atoms with Gasteiger partial charge in [0.25, 0.3) is 0 Å². The molecule has 0 aliphatic carbocycles. The molecule has 4 nitrogen and oxygen atoms in total. The van der Waals surface area contributed by atoms with E-state index in [0.29, 0.717) is 5.92 Å². The van der Waals surface area contributed by atoms with Crippen LogP contribution in [0.1, 0.15) is 23.2 Å². The van der Waals surface area contributed by atoms with Gasteiger partial charge in [-0.05, 0) is 19.1 Å². The average molecular weight is 261 g/mol. The van der Waals surface area contributed by atoms with Crippen LogP contribution in [0.4, 0.5) is 0 Å². The normalized spacial score (nSPS) is 15.6. The number of rotatable bonds is 4. The lowest BCUT2D eigenvalue weighted by molar-refractivity contribution is 0.306. The summed E-state index contributed by atoms with van der Waals surface area (Å²) in [6.07, 6.45) is 0. The fourth-order valence-electron chi connectivity index (χ4n) is 1.81. The molecule has 1 N–H and O–H groups in total. The second-order valence-electron chi connectivity index (χ2n) is 4.51. The van der Waals surface area contributed by atoms with Gasteiger partial charge in [0.2, 0.25) is 5.89 Å². The molecule has 2 aromatic rings. The summed E-state index contributed by atoms with van der Waals surface area (Å²) >= 11 is 1.74. The third-order valence-corrected chi connectivity index (χ3v) is 3.96. The van der Waals surface area contributed by atoms with Crippen LogP contribution in [-0.4, -0.2) is 23.2 Å².